The van der Waals surface area contributed by atoms with E-state index in [-0.39, 0.29) is 11.7 Å². The van der Waals surface area contributed by atoms with Crippen LogP contribution < -0.4 is 0 Å². The van der Waals surface area contributed by atoms with Crippen molar-refractivity contribution in [3.05, 3.63) is 47.1 Å². The fraction of sp³-hybridized carbons (Fsp3) is 0.421. The molecule has 4 nitrogen and oxygen atoms in total. The molecule has 25 heavy (non-hydrogen) atoms. The van der Waals surface area contributed by atoms with E-state index < -0.39 is 5.41 Å². The van der Waals surface area contributed by atoms with Crippen LogP contribution in [0.1, 0.15) is 4.88 Å². The standard InChI is InChI=1S/C19H21FN2O2S/c1-21-8-10-22(11-9-21)18(23)19(12-24-13-19)17-7-6-16(25-17)14-2-4-15(20)5-3-14/h2-7H,8-13H2,1H3. The van der Waals surface area contributed by atoms with Crippen LogP contribution in [0.4, 0.5) is 4.39 Å². The first-order valence-corrected chi connectivity index (χ1v) is 9.32. The first-order chi connectivity index (χ1) is 12.1. The van der Waals surface area contributed by atoms with Gasteiger partial charge in [-0.3, -0.25) is 4.79 Å². The summed E-state index contributed by atoms with van der Waals surface area (Å²) in [6, 6.07) is 10.5. The van der Waals surface area contributed by atoms with E-state index in [0.717, 1.165) is 41.5 Å². The number of thiophene rings is 1. The Bertz CT molecular complexity index is 762. The molecule has 2 aromatic rings. The van der Waals surface area contributed by atoms with Crippen LogP contribution >= 0.6 is 11.3 Å². The van der Waals surface area contributed by atoms with Crippen molar-refractivity contribution in [1.29, 1.82) is 0 Å². The van der Waals surface area contributed by atoms with Crippen molar-refractivity contribution in [1.82, 2.24) is 9.80 Å². The van der Waals surface area contributed by atoms with Crippen molar-refractivity contribution in [2.45, 2.75) is 5.41 Å². The lowest BCUT2D eigenvalue weighted by Crippen LogP contribution is -2.61. The maximum Gasteiger partial charge on any atom is 0.238 e. The van der Waals surface area contributed by atoms with Crippen molar-refractivity contribution in [3.8, 4) is 10.4 Å². The number of likely N-dealkylation sites (N-methyl/N-ethyl adjacent to an activating group) is 1. The van der Waals surface area contributed by atoms with E-state index in [2.05, 4.69) is 11.9 Å². The molecule has 0 aliphatic carbocycles. The topological polar surface area (TPSA) is 32.8 Å². The van der Waals surface area contributed by atoms with E-state index in [4.69, 9.17) is 4.74 Å². The lowest BCUT2D eigenvalue weighted by molar-refractivity contribution is -0.157. The van der Waals surface area contributed by atoms with Gasteiger partial charge < -0.3 is 14.5 Å². The second kappa shape index (κ2) is 6.52. The first kappa shape index (κ1) is 16.7. The van der Waals surface area contributed by atoms with Gasteiger partial charge in [-0.05, 0) is 36.9 Å². The average molecular weight is 360 g/mol. The average Bonchev–Trinajstić information content (AvgIpc) is 3.05. The molecular weight excluding hydrogens is 339 g/mol. The molecule has 2 saturated heterocycles. The fourth-order valence-corrected chi connectivity index (χ4v) is 4.52. The number of piperazine rings is 1. The summed E-state index contributed by atoms with van der Waals surface area (Å²) < 4.78 is 18.6. The highest BCUT2D eigenvalue weighted by Crippen LogP contribution is 2.41. The molecule has 2 aliphatic heterocycles. The number of carbonyl (C=O) groups excluding carboxylic acids is 1. The minimum Gasteiger partial charge on any atom is -0.378 e. The third-order valence-electron chi connectivity index (χ3n) is 5.10. The molecule has 0 spiro atoms. The van der Waals surface area contributed by atoms with Crippen molar-refractivity contribution in [2.24, 2.45) is 0 Å². The number of carbonyl (C=O) groups is 1. The smallest absolute Gasteiger partial charge is 0.238 e. The summed E-state index contributed by atoms with van der Waals surface area (Å²) in [5.74, 6) is -0.0611. The Labute approximate surface area is 150 Å². The fourth-order valence-electron chi connectivity index (χ4n) is 3.35. The molecule has 0 radical (unpaired) electrons. The number of hydrogen-bond donors (Lipinski definition) is 0. The van der Waals surface area contributed by atoms with Gasteiger partial charge in [0.05, 0.1) is 13.2 Å². The van der Waals surface area contributed by atoms with Gasteiger partial charge in [-0.15, -0.1) is 11.3 Å². The SMILES string of the molecule is CN1CCN(C(=O)C2(c3ccc(-c4ccc(F)cc4)s3)COC2)CC1. The maximum absolute atomic E-state index is 13.2. The third kappa shape index (κ3) is 2.99. The van der Waals surface area contributed by atoms with Crippen LogP contribution in [-0.4, -0.2) is 62.1 Å². The van der Waals surface area contributed by atoms with Gasteiger partial charge in [0.1, 0.15) is 11.2 Å². The molecule has 0 unspecified atom stereocenters. The molecule has 2 aliphatic rings. The molecular formula is C19H21FN2O2S. The monoisotopic (exact) mass is 360 g/mol. The molecule has 4 rings (SSSR count). The van der Waals surface area contributed by atoms with Crippen LogP contribution in [0.15, 0.2) is 36.4 Å². The molecule has 0 bridgehead atoms. The van der Waals surface area contributed by atoms with Crippen LogP contribution in [-0.2, 0) is 14.9 Å². The van der Waals surface area contributed by atoms with Gasteiger partial charge in [0.15, 0.2) is 0 Å². The van der Waals surface area contributed by atoms with Crippen LogP contribution in [0.3, 0.4) is 0 Å². The van der Waals surface area contributed by atoms with Crippen LogP contribution in [0, 0.1) is 5.82 Å². The summed E-state index contributed by atoms with van der Waals surface area (Å²) in [5.41, 5.74) is 0.430. The van der Waals surface area contributed by atoms with E-state index in [0.29, 0.717) is 13.2 Å². The highest BCUT2D eigenvalue weighted by molar-refractivity contribution is 7.15. The predicted molar refractivity (Wildman–Crippen MR) is 96.3 cm³/mol. The lowest BCUT2D eigenvalue weighted by atomic mass is 9.82. The van der Waals surface area contributed by atoms with E-state index in [1.54, 1.807) is 23.5 Å². The molecule has 132 valence electrons. The summed E-state index contributed by atoms with van der Waals surface area (Å²) in [7, 11) is 2.08. The van der Waals surface area contributed by atoms with Gasteiger partial charge >= 0.3 is 0 Å². The Balaban J connectivity index is 1.58. The number of amides is 1. The van der Waals surface area contributed by atoms with E-state index in [9.17, 15) is 9.18 Å². The van der Waals surface area contributed by atoms with Crippen molar-refractivity contribution >= 4 is 17.2 Å². The number of hydrogen-bond acceptors (Lipinski definition) is 4. The van der Waals surface area contributed by atoms with Gasteiger partial charge in [0.2, 0.25) is 5.91 Å². The zero-order valence-electron chi connectivity index (χ0n) is 14.2. The predicted octanol–water partition coefficient (Wildman–Crippen LogP) is 2.60. The van der Waals surface area contributed by atoms with Crippen molar-refractivity contribution in [2.75, 3.05) is 46.4 Å². The molecule has 2 fully saturated rings. The van der Waals surface area contributed by atoms with Gasteiger partial charge in [-0.1, -0.05) is 12.1 Å². The molecule has 1 aromatic heterocycles. The minimum absolute atomic E-state index is 0.180. The number of nitrogens with zero attached hydrogens (tertiary/aromatic N) is 2. The van der Waals surface area contributed by atoms with Gasteiger partial charge in [0.25, 0.3) is 0 Å². The highest BCUT2D eigenvalue weighted by Gasteiger charge is 2.50. The summed E-state index contributed by atoms with van der Waals surface area (Å²) in [6.45, 7) is 4.26. The second-order valence-corrected chi connectivity index (χ2v) is 7.92. The zero-order valence-corrected chi connectivity index (χ0v) is 15.0. The van der Waals surface area contributed by atoms with Crippen LogP contribution in [0.2, 0.25) is 0 Å². The quantitative estimate of drug-likeness (QED) is 0.844. The third-order valence-corrected chi connectivity index (χ3v) is 6.44. The Morgan fingerprint density at radius 2 is 1.76 bits per heavy atom. The molecule has 6 heteroatoms. The normalized spacial score (nSPS) is 20.3. The van der Waals surface area contributed by atoms with E-state index in [1.807, 2.05) is 17.0 Å². The Kier molecular flexibility index (Phi) is 4.35. The zero-order chi connectivity index (χ0) is 17.4. The maximum atomic E-state index is 13.2. The van der Waals surface area contributed by atoms with E-state index in [1.165, 1.54) is 12.1 Å². The summed E-state index contributed by atoms with van der Waals surface area (Å²) in [6.07, 6.45) is 0. The van der Waals surface area contributed by atoms with E-state index >= 15 is 0 Å². The van der Waals surface area contributed by atoms with Crippen molar-refractivity contribution in [3.63, 3.8) is 0 Å². The lowest BCUT2D eigenvalue weighted by Gasteiger charge is -2.44. The molecule has 0 saturated carbocycles. The Hall–Kier alpha value is -1.76. The number of rotatable bonds is 3. The summed E-state index contributed by atoms with van der Waals surface area (Å²) in [5, 5.41) is 0. The minimum atomic E-state index is -0.543. The first-order valence-electron chi connectivity index (χ1n) is 8.50. The highest BCUT2D eigenvalue weighted by atomic mass is 32.1. The van der Waals surface area contributed by atoms with Gasteiger partial charge in [0, 0.05) is 35.9 Å². The molecule has 1 amide bonds. The number of ether oxygens (including phenoxy) is 1. The molecule has 0 atom stereocenters. The van der Waals surface area contributed by atoms with Gasteiger partial charge in [-0.25, -0.2) is 4.39 Å². The second-order valence-electron chi connectivity index (χ2n) is 6.84. The molecule has 0 N–H and O–H groups in total. The van der Waals surface area contributed by atoms with Crippen LogP contribution in [0.25, 0.3) is 10.4 Å². The van der Waals surface area contributed by atoms with Crippen LogP contribution in [0.5, 0.6) is 0 Å². The Morgan fingerprint density at radius 3 is 2.36 bits per heavy atom. The van der Waals surface area contributed by atoms with Crippen molar-refractivity contribution < 1.29 is 13.9 Å². The molecule has 1 aromatic carbocycles. The number of benzene rings is 1. The van der Waals surface area contributed by atoms with Gasteiger partial charge in [-0.2, -0.15) is 0 Å². The summed E-state index contributed by atoms with van der Waals surface area (Å²) in [4.78, 5) is 19.5. The Morgan fingerprint density at radius 1 is 1.08 bits per heavy atom. The number of halogens is 1. The largest absolute Gasteiger partial charge is 0.378 e. The summed E-state index contributed by atoms with van der Waals surface area (Å²) >= 11 is 1.61. The molecule has 3 heterocycles.